The van der Waals surface area contributed by atoms with Gasteiger partial charge in [-0.1, -0.05) is 70.0 Å². The van der Waals surface area contributed by atoms with Gasteiger partial charge in [0.15, 0.2) is 6.61 Å². The smallest absolute Gasteiger partial charge is 0.336 e. The van der Waals surface area contributed by atoms with Gasteiger partial charge in [-0.25, -0.2) is 10.2 Å². The van der Waals surface area contributed by atoms with Crippen LogP contribution >= 0.6 is 27.5 Å². The van der Waals surface area contributed by atoms with Gasteiger partial charge in [0.1, 0.15) is 11.5 Å². The summed E-state index contributed by atoms with van der Waals surface area (Å²) in [5.74, 6) is -0.317. The van der Waals surface area contributed by atoms with E-state index in [9.17, 15) is 9.59 Å². The van der Waals surface area contributed by atoms with Crippen molar-refractivity contribution in [1.82, 2.24) is 5.43 Å². The van der Waals surface area contributed by atoms with Gasteiger partial charge >= 0.3 is 5.97 Å². The van der Waals surface area contributed by atoms with E-state index in [1.165, 1.54) is 12.3 Å². The number of nitrogens with zero attached hydrogens (tertiary/aromatic N) is 1. The van der Waals surface area contributed by atoms with Crippen LogP contribution in [0.2, 0.25) is 5.02 Å². The molecule has 6 nitrogen and oxygen atoms in total. The number of hydrazone groups is 1. The number of carbonyl (C=O) groups excluding carboxylic acids is 2. The lowest BCUT2D eigenvalue weighted by molar-refractivity contribution is -0.129. The highest BCUT2D eigenvalue weighted by molar-refractivity contribution is 9.10. The van der Waals surface area contributed by atoms with Crippen molar-refractivity contribution in [1.29, 1.82) is 0 Å². The van der Waals surface area contributed by atoms with E-state index < -0.39 is 11.9 Å². The van der Waals surface area contributed by atoms with Crippen molar-refractivity contribution >= 4 is 51.7 Å². The quantitative estimate of drug-likeness (QED) is 0.147. The number of esters is 1. The van der Waals surface area contributed by atoms with Crippen molar-refractivity contribution in [3.8, 4) is 11.5 Å². The van der Waals surface area contributed by atoms with Crippen LogP contribution in [0.5, 0.6) is 11.5 Å². The summed E-state index contributed by atoms with van der Waals surface area (Å²) in [6.07, 6.45) is 4.38. The summed E-state index contributed by atoms with van der Waals surface area (Å²) in [5, 5.41) is 4.32. The predicted molar refractivity (Wildman–Crippen MR) is 128 cm³/mol. The first-order valence-corrected chi connectivity index (χ1v) is 10.6. The molecular formula is C24H18BrClN2O4. The fraction of sp³-hybridized carbons (Fsp3) is 0.0417. The molecule has 0 atom stereocenters. The Bertz CT molecular complexity index is 1150. The highest BCUT2D eigenvalue weighted by Crippen LogP contribution is 2.23. The number of carbonyl (C=O) groups is 2. The monoisotopic (exact) mass is 512 g/mol. The molecule has 3 rings (SSSR count). The summed E-state index contributed by atoms with van der Waals surface area (Å²) in [4.78, 5) is 24.2. The van der Waals surface area contributed by atoms with Gasteiger partial charge in [0, 0.05) is 16.1 Å². The van der Waals surface area contributed by atoms with Crippen molar-refractivity contribution in [2.24, 2.45) is 5.10 Å². The second kappa shape index (κ2) is 11.8. The highest BCUT2D eigenvalue weighted by Gasteiger charge is 2.08. The zero-order valence-electron chi connectivity index (χ0n) is 16.7. The Kier molecular flexibility index (Phi) is 8.60. The van der Waals surface area contributed by atoms with Crippen LogP contribution in [0.15, 0.2) is 88.4 Å². The van der Waals surface area contributed by atoms with Crippen LogP contribution in [0.1, 0.15) is 11.1 Å². The molecule has 0 saturated carbocycles. The van der Waals surface area contributed by atoms with Crippen molar-refractivity contribution in [2.45, 2.75) is 0 Å². The number of hydrogen-bond acceptors (Lipinski definition) is 5. The zero-order chi connectivity index (χ0) is 22.8. The number of amides is 1. The third kappa shape index (κ3) is 7.37. The van der Waals surface area contributed by atoms with Gasteiger partial charge in [-0.15, -0.1) is 0 Å². The van der Waals surface area contributed by atoms with E-state index in [2.05, 4.69) is 26.5 Å². The van der Waals surface area contributed by atoms with Crippen LogP contribution in [-0.2, 0) is 9.59 Å². The third-order valence-electron chi connectivity index (χ3n) is 3.98. The van der Waals surface area contributed by atoms with E-state index >= 15 is 0 Å². The molecule has 0 spiro atoms. The van der Waals surface area contributed by atoms with E-state index in [4.69, 9.17) is 21.1 Å². The molecule has 0 aliphatic heterocycles. The van der Waals surface area contributed by atoms with Crippen LogP contribution in [0, 0.1) is 0 Å². The fourth-order valence-electron chi connectivity index (χ4n) is 2.50. The first-order chi connectivity index (χ1) is 15.5. The van der Waals surface area contributed by atoms with Crippen LogP contribution in [-0.4, -0.2) is 24.7 Å². The maximum absolute atomic E-state index is 12.2. The van der Waals surface area contributed by atoms with Crippen molar-refractivity contribution in [3.63, 3.8) is 0 Å². The molecule has 0 aromatic heterocycles. The van der Waals surface area contributed by atoms with Crippen LogP contribution in [0.3, 0.4) is 0 Å². The van der Waals surface area contributed by atoms with Gasteiger partial charge < -0.3 is 9.47 Å². The summed E-state index contributed by atoms with van der Waals surface area (Å²) in [6, 6.07) is 21.3. The molecule has 0 fully saturated rings. The summed E-state index contributed by atoms with van der Waals surface area (Å²) in [7, 11) is 0. The van der Waals surface area contributed by atoms with Gasteiger partial charge in [-0.2, -0.15) is 5.10 Å². The number of nitrogens with one attached hydrogen (secondary N) is 1. The molecular weight excluding hydrogens is 496 g/mol. The molecule has 0 aliphatic rings. The summed E-state index contributed by atoms with van der Waals surface area (Å²) >= 11 is 9.35. The average Bonchev–Trinajstić information content (AvgIpc) is 2.79. The number of ether oxygens (including phenoxy) is 2. The Hall–Kier alpha value is -3.42. The number of benzene rings is 3. The molecule has 0 bridgehead atoms. The van der Waals surface area contributed by atoms with Gasteiger partial charge in [0.2, 0.25) is 0 Å². The Morgan fingerprint density at radius 1 is 1.00 bits per heavy atom. The van der Waals surface area contributed by atoms with Gasteiger partial charge in [-0.3, -0.25) is 4.79 Å². The SMILES string of the molecule is O=C(COc1ccccc1Cl)NN=Cc1cc(Br)ccc1OC(=O)C=Cc1ccccc1. The first kappa shape index (κ1) is 23.2. The molecule has 3 aromatic rings. The molecule has 1 amide bonds. The molecule has 162 valence electrons. The van der Waals surface area contributed by atoms with Crippen LogP contribution in [0.25, 0.3) is 6.08 Å². The van der Waals surface area contributed by atoms with E-state index in [0.717, 1.165) is 10.0 Å². The van der Waals surface area contributed by atoms with Gasteiger partial charge in [0.05, 0.1) is 11.2 Å². The lowest BCUT2D eigenvalue weighted by Crippen LogP contribution is -2.24. The largest absolute Gasteiger partial charge is 0.482 e. The van der Waals surface area contributed by atoms with E-state index in [1.54, 1.807) is 48.5 Å². The Morgan fingerprint density at radius 2 is 1.75 bits per heavy atom. The maximum atomic E-state index is 12.2. The standard InChI is InChI=1S/C24H18BrClN2O4/c25-19-11-12-21(32-24(30)13-10-17-6-2-1-3-7-17)18(14-19)15-27-28-23(29)16-31-22-9-5-4-8-20(22)26/h1-15H,16H2,(H,28,29). The Labute approximate surface area is 198 Å². The van der Waals surface area contributed by atoms with E-state index in [1.807, 2.05) is 30.3 Å². The zero-order valence-corrected chi connectivity index (χ0v) is 19.0. The molecule has 8 heteroatoms. The van der Waals surface area contributed by atoms with E-state index in [0.29, 0.717) is 22.1 Å². The minimum Gasteiger partial charge on any atom is -0.482 e. The number of rotatable bonds is 8. The highest BCUT2D eigenvalue weighted by atomic mass is 79.9. The Balaban J connectivity index is 1.58. The molecule has 0 unspecified atom stereocenters. The molecule has 32 heavy (non-hydrogen) atoms. The second-order valence-corrected chi connectivity index (χ2v) is 7.68. The number of halogens is 2. The summed E-state index contributed by atoms with van der Waals surface area (Å²) in [5.41, 5.74) is 3.73. The van der Waals surface area contributed by atoms with E-state index in [-0.39, 0.29) is 6.61 Å². The minimum absolute atomic E-state index is 0.258. The van der Waals surface area contributed by atoms with Gasteiger partial charge in [0.25, 0.3) is 5.91 Å². The molecule has 3 aromatic carbocycles. The molecule has 0 radical (unpaired) electrons. The lowest BCUT2D eigenvalue weighted by atomic mass is 10.2. The molecule has 0 saturated heterocycles. The first-order valence-electron chi connectivity index (χ1n) is 9.45. The molecule has 0 heterocycles. The lowest BCUT2D eigenvalue weighted by Gasteiger charge is -2.07. The van der Waals surface area contributed by atoms with Crippen molar-refractivity contribution in [2.75, 3.05) is 6.61 Å². The topological polar surface area (TPSA) is 77.0 Å². The van der Waals surface area contributed by atoms with Crippen molar-refractivity contribution < 1.29 is 19.1 Å². The van der Waals surface area contributed by atoms with Crippen LogP contribution in [0.4, 0.5) is 0 Å². The minimum atomic E-state index is -0.539. The second-order valence-electron chi connectivity index (χ2n) is 6.36. The van der Waals surface area contributed by atoms with Crippen LogP contribution < -0.4 is 14.9 Å². The molecule has 0 aliphatic carbocycles. The van der Waals surface area contributed by atoms with Crippen molar-refractivity contribution in [3.05, 3.63) is 99.5 Å². The predicted octanol–water partition coefficient (Wildman–Crippen LogP) is 5.25. The summed E-state index contributed by atoms with van der Waals surface area (Å²) < 4.78 is 11.5. The summed E-state index contributed by atoms with van der Waals surface area (Å²) in [6.45, 7) is -0.258. The fourth-order valence-corrected chi connectivity index (χ4v) is 3.06. The number of hydrogen-bond donors (Lipinski definition) is 1. The molecule has 1 N–H and O–H groups in total. The Morgan fingerprint density at radius 3 is 2.53 bits per heavy atom. The average molecular weight is 514 g/mol. The van der Waals surface area contributed by atoms with Gasteiger partial charge in [-0.05, 0) is 42.0 Å². The third-order valence-corrected chi connectivity index (χ3v) is 4.79. The normalized spacial score (nSPS) is 10.9. The maximum Gasteiger partial charge on any atom is 0.336 e. The number of para-hydroxylation sites is 1.